The molecule has 1 aliphatic rings. The normalized spacial score (nSPS) is 25.7. The Morgan fingerprint density at radius 1 is 1.42 bits per heavy atom. The smallest absolute Gasteiger partial charge is 0.138 e. The van der Waals surface area contributed by atoms with Gasteiger partial charge in [-0.2, -0.15) is 0 Å². The van der Waals surface area contributed by atoms with Crippen molar-refractivity contribution in [1.82, 2.24) is 0 Å². The average molecular weight is 172 g/mol. The van der Waals surface area contributed by atoms with Gasteiger partial charge in [-0.1, -0.05) is 20.3 Å². The van der Waals surface area contributed by atoms with Crippen molar-refractivity contribution in [3.05, 3.63) is 0 Å². The molecule has 1 rings (SSSR count). The van der Waals surface area contributed by atoms with Gasteiger partial charge in [0.2, 0.25) is 0 Å². The summed E-state index contributed by atoms with van der Waals surface area (Å²) in [6.07, 6.45) is 3.24. The third-order valence-corrected chi connectivity index (χ3v) is 2.18. The van der Waals surface area contributed by atoms with Gasteiger partial charge in [-0.05, 0) is 19.8 Å². The third-order valence-electron chi connectivity index (χ3n) is 2.18. The Balaban J connectivity index is 0.000000561. The van der Waals surface area contributed by atoms with Crippen LogP contribution >= 0.6 is 0 Å². The van der Waals surface area contributed by atoms with E-state index >= 15 is 0 Å². The van der Waals surface area contributed by atoms with Crippen molar-refractivity contribution in [2.45, 2.75) is 52.6 Å². The first-order chi connectivity index (χ1) is 5.72. The predicted molar refractivity (Wildman–Crippen MR) is 50.0 cm³/mol. The molecule has 0 aromatic heterocycles. The van der Waals surface area contributed by atoms with Gasteiger partial charge in [0.25, 0.3) is 0 Å². The fraction of sp³-hybridized carbons (Fsp3) is 0.900. The number of hydrogen-bond acceptors (Lipinski definition) is 2. The second-order valence-corrected chi connectivity index (χ2v) is 3.06. The lowest BCUT2D eigenvalue weighted by molar-refractivity contribution is -0.127. The highest BCUT2D eigenvalue weighted by molar-refractivity contribution is 5.82. The van der Waals surface area contributed by atoms with E-state index in [2.05, 4.69) is 0 Å². The zero-order chi connectivity index (χ0) is 9.56. The van der Waals surface area contributed by atoms with Gasteiger partial charge in [-0.25, -0.2) is 0 Å². The van der Waals surface area contributed by atoms with Crippen LogP contribution in [0.2, 0.25) is 0 Å². The minimum absolute atomic E-state index is 0.0613. The second kappa shape index (κ2) is 6.18. The van der Waals surface area contributed by atoms with Crippen LogP contribution in [0.15, 0.2) is 0 Å². The summed E-state index contributed by atoms with van der Waals surface area (Å²) < 4.78 is 0. The van der Waals surface area contributed by atoms with Crippen molar-refractivity contribution < 1.29 is 9.90 Å². The molecule has 1 fully saturated rings. The highest BCUT2D eigenvalue weighted by Crippen LogP contribution is 2.22. The largest absolute Gasteiger partial charge is 0.393 e. The van der Waals surface area contributed by atoms with E-state index in [1.54, 1.807) is 6.92 Å². The summed E-state index contributed by atoms with van der Waals surface area (Å²) in [6.45, 7) is 5.70. The molecule has 0 bridgehead atoms. The maximum atomic E-state index is 11.1. The molecule has 2 unspecified atom stereocenters. The first-order valence-electron chi connectivity index (χ1n) is 4.92. The molecule has 1 N–H and O–H groups in total. The Kier molecular flexibility index (Phi) is 5.99. The number of aliphatic hydroxyl groups excluding tert-OH is 1. The number of carbonyl (C=O) groups is 1. The molecule has 0 radical (unpaired) electrons. The summed E-state index contributed by atoms with van der Waals surface area (Å²) in [5.41, 5.74) is 0. The lowest BCUT2D eigenvalue weighted by atomic mass is 9.85. The molecule has 0 heterocycles. The minimum atomic E-state index is -0.437. The lowest BCUT2D eigenvalue weighted by Crippen LogP contribution is -2.28. The van der Waals surface area contributed by atoms with Gasteiger partial charge in [0, 0.05) is 12.3 Å². The van der Waals surface area contributed by atoms with Gasteiger partial charge < -0.3 is 5.11 Å². The Hall–Kier alpha value is -0.370. The molecule has 1 aliphatic carbocycles. The summed E-state index contributed by atoms with van der Waals surface area (Å²) in [7, 11) is 0. The van der Waals surface area contributed by atoms with Crippen LogP contribution in [-0.4, -0.2) is 17.0 Å². The number of aliphatic hydroxyl groups is 1. The molecule has 2 heteroatoms. The van der Waals surface area contributed by atoms with E-state index in [0.29, 0.717) is 6.42 Å². The van der Waals surface area contributed by atoms with Gasteiger partial charge >= 0.3 is 0 Å². The molecule has 12 heavy (non-hydrogen) atoms. The first kappa shape index (κ1) is 11.6. The standard InChI is InChI=1S/C8H14O2.C2H6/c1-6(9)7-4-2-3-5-8(7)10;1-2/h6-7,9H,2-5H2,1H3;1-2H3. The van der Waals surface area contributed by atoms with E-state index in [9.17, 15) is 4.79 Å². The lowest BCUT2D eigenvalue weighted by Gasteiger charge is -2.22. The summed E-state index contributed by atoms with van der Waals surface area (Å²) >= 11 is 0. The maximum Gasteiger partial charge on any atom is 0.138 e. The molecular weight excluding hydrogens is 152 g/mol. The van der Waals surface area contributed by atoms with Crippen LogP contribution in [0.3, 0.4) is 0 Å². The maximum absolute atomic E-state index is 11.1. The van der Waals surface area contributed by atoms with Crippen LogP contribution in [0.4, 0.5) is 0 Å². The fourth-order valence-corrected chi connectivity index (χ4v) is 1.52. The molecule has 1 saturated carbocycles. The number of carbonyl (C=O) groups excluding carboxylic acids is 1. The number of Topliss-reactive ketones (excluding diaryl/α,β-unsaturated/α-hetero) is 1. The molecular formula is C10H20O2. The molecule has 0 saturated heterocycles. The average Bonchev–Trinajstić information content (AvgIpc) is 2.08. The SMILES string of the molecule is CC.CC(O)C1CCCCC1=O. The molecule has 0 aromatic carbocycles. The molecule has 72 valence electrons. The van der Waals surface area contributed by atoms with Gasteiger partial charge in [0.05, 0.1) is 6.10 Å². The predicted octanol–water partition coefficient (Wildman–Crippen LogP) is 2.15. The van der Waals surface area contributed by atoms with Gasteiger partial charge in [0.15, 0.2) is 0 Å². The van der Waals surface area contributed by atoms with E-state index in [4.69, 9.17) is 5.11 Å². The summed E-state index contributed by atoms with van der Waals surface area (Å²) in [5.74, 6) is 0.190. The van der Waals surface area contributed by atoms with Crippen LogP contribution in [0.25, 0.3) is 0 Å². The van der Waals surface area contributed by atoms with Crippen molar-refractivity contribution in [3.8, 4) is 0 Å². The van der Waals surface area contributed by atoms with E-state index in [1.807, 2.05) is 13.8 Å². The highest BCUT2D eigenvalue weighted by atomic mass is 16.3. The Morgan fingerprint density at radius 2 is 2.00 bits per heavy atom. The van der Waals surface area contributed by atoms with Crippen LogP contribution < -0.4 is 0 Å². The van der Waals surface area contributed by atoms with Crippen LogP contribution in [0.1, 0.15) is 46.5 Å². The molecule has 0 aliphatic heterocycles. The number of ketones is 1. The minimum Gasteiger partial charge on any atom is -0.393 e. The van der Waals surface area contributed by atoms with Crippen molar-refractivity contribution in [1.29, 1.82) is 0 Å². The molecule has 0 amide bonds. The molecule has 0 spiro atoms. The summed E-state index contributed by atoms with van der Waals surface area (Å²) in [6, 6.07) is 0. The molecule has 0 aromatic rings. The van der Waals surface area contributed by atoms with E-state index in [-0.39, 0.29) is 11.7 Å². The number of rotatable bonds is 1. The Labute approximate surface area is 75.0 Å². The van der Waals surface area contributed by atoms with Crippen molar-refractivity contribution in [2.24, 2.45) is 5.92 Å². The van der Waals surface area contributed by atoms with Crippen molar-refractivity contribution in [2.75, 3.05) is 0 Å². The van der Waals surface area contributed by atoms with E-state index < -0.39 is 6.10 Å². The highest BCUT2D eigenvalue weighted by Gasteiger charge is 2.25. The Morgan fingerprint density at radius 3 is 2.33 bits per heavy atom. The quantitative estimate of drug-likeness (QED) is 0.658. The monoisotopic (exact) mass is 172 g/mol. The van der Waals surface area contributed by atoms with Gasteiger partial charge in [0.1, 0.15) is 5.78 Å². The fourth-order valence-electron chi connectivity index (χ4n) is 1.52. The van der Waals surface area contributed by atoms with Crippen molar-refractivity contribution >= 4 is 5.78 Å². The first-order valence-corrected chi connectivity index (χ1v) is 4.92. The van der Waals surface area contributed by atoms with Crippen LogP contribution in [0.5, 0.6) is 0 Å². The molecule has 2 nitrogen and oxygen atoms in total. The van der Waals surface area contributed by atoms with Crippen LogP contribution in [0, 0.1) is 5.92 Å². The van der Waals surface area contributed by atoms with Crippen molar-refractivity contribution in [3.63, 3.8) is 0 Å². The van der Waals surface area contributed by atoms with E-state index in [0.717, 1.165) is 19.3 Å². The van der Waals surface area contributed by atoms with Gasteiger partial charge in [-0.3, -0.25) is 4.79 Å². The zero-order valence-electron chi connectivity index (χ0n) is 8.34. The van der Waals surface area contributed by atoms with Gasteiger partial charge in [-0.15, -0.1) is 0 Å². The third kappa shape index (κ3) is 3.35. The Bertz CT molecular complexity index is 130. The van der Waals surface area contributed by atoms with E-state index in [1.165, 1.54) is 0 Å². The summed E-state index contributed by atoms with van der Waals surface area (Å²) in [5, 5.41) is 9.13. The second-order valence-electron chi connectivity index (χ2n) is 3.06. The topological polar surface area (TPSA) is 37.3 Å². The zero-order valence-corrected chi connectivity index (χ0v) is 8.34. The van der Waals surface area contributed by atoms with Crippen LogP contribution in [-0.2, 0) is 4.79 Å². The molecule has 2 atom stereocenters. The summed E-state index contributed by atoms with van der Waals surface area (Å²) in [4.78, 5) is 11.1. The number of hydrogen-bond donors (Lipinski definition) is 1.